The highest BCUT2D eigenvalue weighted by Crippen LogP contribution is 2.47. The molecule has 1 aromatic rings. The molecule has 3 aliphatic heterocycles. The largest absolute Gasteiger partial charge is 0.426 e. The van der Waals surface area contributed by atoms with Crippen molar-refractivity contribution < 1.29 is 28.7 Å². The van der Waals surface area contributed by atoms with Crippen molar-refractivity contribution in [2.45, 2.75) is 42.2 Å². The van der Waals surface area contributed by atoms with E-state index in [0.717, 1.165) is 28.4 Å². The monoisotopic (exact) mass is 559 g/mol. The van der Waals surface area contributed by atoms with E-state index < -0.39 is 47.5 Å². The van der Waals surface area contributed by atoms with Crippen molar-refractivity contribution in [3.8, 4) is 0 Å². The van der Waals surface area contributed by atoms with Crippen LogP contribution < -0.4 is 11.1 Å². The maximum absolute atomic E-state index is 13.1. The van der Waals surface area contributed by atoms with Crippen LogP contribution in [0.1, 0.15) is 25.6 Å². The molecule has 2 fully saturated rings. The van der Waals surface area contributed by atoms with Crippen LogP contribution in [0, 0.1) is 4.91 Å². The first-order valence-electron chi connectivity index (χ1n) is 10.3. The van der Waals surface area contributed by atoms with Gasteiger partial charge in [-0.05, 0) is 10.7 Å². The standard InChI is InChI=1S/C19H21N5O7S4/c1-7(25)30-8(2)31-17(28)13-9(18-32-3-4-33-18)5-34-16-12(15(27)24(13)16)22-14(26)11(23-29)10-6-35-19(20)21-10/h6,8,11-12,16,18H,3-5H2,1-2H3,(H2,20,21)(H,22,26)/t8?,11?,12?,16-/m0/s1. The van der Waals surface area contributed by atoms with E-state index in [-0.39, 0.29) is 21.1 Å². The SMILES string of the molecule is CC(=O)OC(C)OC(=O)C1=C(C2SCCS2)CS[C@H]2C(NC(=O)C(N=O)c3csc(N)n3)C(=O)N12. The Morgan fingerprint density at radius 1 is 1.26 bits per heavy atom. The van der Waals surface area contributed by atoms with Crippen molar-refractivity contribution in [3.05, 3.63) is 27.3 Å². The third-order valence-electron chi connectivity index (χ3n) is 5.17. The molecule has 0 spiro atoms. The quantitative estimate of drug-likeness (QED) is 0.204. The third-order valence-corrected chi connectivity index (χ3v) is 10.3. The fourth-order valence-electron chi connectivity index (χ4n) is 3.73. The smallest absolute Gasteiger partial charge is 0.358 e. The number of amides is 2. The van der Waals surface area contributed by atoms with E-state index in [9.17, 15) is 24.1 Å². The van der Waals surface area contributed by atoms with E-state index in [0.29, 0.717) is 5.75 Å². The highest BCUT2D eigenvalue weighted by molar-refractivity contribution is 8.20. The van der Waals surface area contributed by atoms with Crippen molar-refractivity contribution in [1.29, 1.82) is 0 Å². The lowest BCUT2D eigenvalue weighted by Crippen LogP contribution is -2.71. The van der Waals surface area contributed by atoms with Crippen LogP contribution in [0.15, 0.2) is 21.8 Å². The van der Waals surface area contributed by atoms with Crippen LogP contribution in [-0.2, 0) is 28.7 Å². The van der Waals surface area contributed by atoms with E-state index in [2.05, 4.69) is 15.5 Å². The molecular weight excluding hydrogens is 539 g/mol. The topological polar surface area (TPSA) is 170 Å². The Bertz CT molecular complexity index is 1090. The van der Waals surface area contributed by atoms with Crippen molar-refractivity contribution in [1.82, 2.24) is 15.2 Å². The Kier molecular flexibility index (Phi) is 7.92. The lowest BCUT2D eigenvalue weighted by molar-refractivity contribution is -0.182. The summed E-state index contributed by atoms with van der Waals surface area (Å²) in [5, 5.41) is 6.46. The van der Waals surface area contributed by atoms with Gasteiger partial charge in [0.05, 0.1) is 10.3 Å². The van der Waals surface area contributed by atoms with E-state index in [4.69, 9.17) is 15.2 Å². The number of thiazole rings is 1. The fourth-order valence-corrected chi connectivity index (χ4v) is 8.87. The molecule has 3 aliphatic rings. The van der Waals surface area contributed by atoms with Crippen molar-refractivity contribution in [3.63, 3.8) is 0 Å². The minimum absolute atomic E-state index is 0.0183. The summed E-state index contributed by atoms with van der Waals surface area (Å²) in [6.07, 6.45) is -1.14. The molecule has 2 saturated heterocycles. The number of nitrogens with zero attached hydrogens (tertiary/aromatic N) is 3. The second kappa shape index (κ2) is 10.8. The lowest BCUT2D eigenvalue weighted by atomic mass is 10.0. The third kappa shape index (κ3) is 5.29. The number of carbonyl (C=O) groups is 4. The first-order valence-corrected chi connectivity index (χ1v) is 14.4. The molecule has 16 heteroatoms. The van der Waals surface area contributed by atoms with Crippen LogP contribution in [0.25, 0.3) is 0 Å². The van der Waals surface area contributed by atoms with Gasteiger partial charge in [0.1, 0.15) is 17.1 Å². The fraction of sp³-hybridized carbons (Fsp3) is 0.526. The molecule has 3 unspecified atom stereocenters. The summed E-state index contributed by atoms with van der Waals surface area (Å²) < 4.78 is 10.2. The van der Waals surface area contributed by atoms with Gasteiger partial charge in [-0.15, -0.1) is 51.5 Å². The van der Waals surface area contributed by atoms with Crippen LogP contribution in [0.4, 0.5) is 5.13 Å². The molecule has 4 heterocycles. The molecule has 0 saturated carbocycles. The van der Waals surface area contributed by atoms with E-state index in [1.54, 1.807) is 23.5 Å². The number of anilines is 1. The highest BCUT2D eigenvalue weighted by Gasteiger charge is 2.56. The lowest BCUT2D eigenvalue weighted by Gasteiger charge is -2.50. The zero-order valence-corrected chi connectivity index (χ0v) is 21.8. The number of nitroso groups, excluding NO2 is 1. The van der Waals surface area contributed by atoms with Gasteiger partial charge in [0.25, 0.3) is 11.8 Å². The molecule has 4 rings (SSSR count). The summed E-state index contributed by atoms with van der Waals surface area (Å²) in [6.45, 7) is 2.61. The summed E-state index contributed by atoms with van der Waals surface area (Å²) in [5.41, 5.74) is 6.53. The number of fused-ring (bicyclic) bond motifs is 1. The molecule has 35 heavy (non-hydrogen) atoms. The van der Waals surface area contributed by atoms with Gasteiger partial charge in [0.15, 0.2) is 5.13 Å². The number of ether oxygens (including phenoxy) is 2. The van der Waals surface area contributed by atoms with Gasteiger partial charge in [-0.1, -0.05) is 0 Å². The summed E-state index contributed by atoms with van der Waals surface area (Å²) in [6, 6.07) is -2.42. The van der Waals surface area contributed by atoms with Crippen LogP contribution in [0.3, 0.4) is 0 Å². The number of nitrogens with one attached hydrogen (secondary N) is 1. The number of rotatable bonds is 8. The van der Waals surface area contributed by atoms with Crippen LogP contribution in [-0.4, -0.2) is 73.2 Å². The second-order valence-electron chi connectivity index (χ2n) is 7.54. The Morgan fingerprint density at radius 2 is 1.97 bits per heavy atom. The number of hydrogen-bond donors (Lipinski definition) is 2. The first kappa shape index (κ1) is 25.8. The number of carbonyl (C=O) groups excluding carboxylic acids is 4. The van der Waals surface area contributed by atoms with Gasteiger partial charge in [-0.3, -0.25) is 19.3 Å². The normalized spacial score (nSPS) is 23.7. The zero-order valence-electron chi connectivity index (χ0n) is 18.5. The van der Waals surface area contributed by atoms with Gasteiger partial charge >= 0.3 is 11.9 Å². The Morgan fingerprint density at radius 3 is 2.57 bits per heavy atom. The number of thioether (sulfide) groups is 3. The number of esters is 2. The minimum atomic E-state index is -1.45. The first-order chi connectivity index (χ1) is 16.7. The van der Waals surface area contributed by atoms with E-state index in [1.807, 2.05) is 0 Å². The minimum Gasteiger partial charge on any atom is -0.426 e. The molecule has 0 aromatic carbocycles. The average molecular weight is 560 g/mol. The van der Waals surface area contributed by atoms with Gasteiger partial charge < -0.3 is 20.5 Å². The number of β-lactam (4-membered cyclic amide) rings is 1. The Hall–Kier alpha value is -2.30. The van der Waals surface area contributed by atoms with Gasteiger partial charge in [0, 0.05) is 36.5 Å². The van der Waals surface area contributed by atoms with Crippen molar-refractivity contribution in [2.24, 2.45) is 5.18 Å². The van der Waals surface area contributed by atoms with Crippen LogP contribution in [0.2, 0.25) is 0 Å². The molecule has 4 atom stereocenters. The van der Waals surface area contributed by atoms with Gasteiger partial charge in [0.2, 0.25) is 12.3 Å². The molecule has 1 aromatic heterocycles. The summed E-state index contributed by atoms with van der Waals surface area (Å²) in [4.78, 5) is 66.7. The molecule has 0 aliphatic carbocycles. The molecule has 12 nitrogen and oxygen atoms in total. The number of nitrogen functional groups attached to an aromatic ring is 1. The summed E-state index contributed by atoms with van der Waals surface area (Å²) in [7, 11) is 0. The summed E-state index contributed by atoms with van der Waals surface area (Å²) >= 11 is 5.81. The van der Waals surface area contributed by atoms with Crippen LogP contribution in [0.5, 0.6) is 0 Å². The number of nitrogens with two attached hydrogens (primary N) is 1. The predicted molar refractivity (Wildman–Crippen MR) is 133 cm³/mol. The molecule has 2 amide bonds. The van der Waals surface area contributed by atoms with Gasteiger partial charge in [-0.2, -0.15) is 0 Å². The molecule has 0 bridgehead atoms. The average Bonchev–Trinajstić information content (AvgIpc) is 3.48. The molecule has 0 radical (unpaired) electrons. The molecule has 3 N–H and O–H groups in total. The Balaban J connectivity index is 1.53. The van der Waals surface area contributed by atoms with Crippen molar-refractivity contribution >= 4 is 75.5 Å². The second-order valence-corrected chi connectivity index (χ2v) is 12.3. The van der Waals surface area contributed by atoms with E-state index in [1.165, 1.54) is 35.9 Å². The maximum atomic E-state index is 13.1. The zero-order chi connectivity index (χ0) is 25.3. The number of hydrogen-bond acceptors (Lipinski definition) is 14. The number of aromatic nitrogens is 1. The molecular formula is C19H21N5O7S4. The maximum Gasteiger partial charge on any atom is 0.358 e. The van der Waals surface area contributed by atoms with Crippen LogP contribution >= 0.6 is 46.6 Å². The van der Waals surface area contributed by atoms with E-state index >= 15 is 0 Å². The Labute approximate surface area is 216 Å². The highest BCUT2D eigenvalue weighted by atomic mass is 32.2. The summed E-state index contributed by atoms with van der Waals surface area (Å²) in [5.74, 6) is -0.434. The van der Waals surface area contributed by atoms with Crippen molar-refractivity contribution in [2.75, 3.05) is 23.0 Å². The van der Waals surface area contributed by atoms with Gasteiger partial charge in [-0.25, -0.2) is 9.78 Å². The predicted octanol–water partition coefficient (Wildman–Crippen LogP) is 1.45. The molecule has 188 valence electrons.